The summed E-state index contributed by atoms with van der Waals surface area (Å²) >= 11 is 3.52. The van der Waals surface area contributed by atoms with Crippen LogP contribution in [0.4, 0.5) is 17.1 Å². The number of halogens is 1. The van der Waals surface area contributed by atoms with Crippen LogP contribution in [-0.2, 0) is 0 Å². The zero-order valence-electron chi connectivity index (χ0n) is 9.92. The first kappa shape index (κ1) is 12.0. The molecule has 2 rings (SSSR count). The Bertz CT molecular complexity index is 550. The first-order valence-corrected chi connectivity index (χ1v) is 6.25. The lowest BCUT2D eigenvalue weighted by Crippen LogP contribution is -1.97. The first-order chi connectivity index (χ1) is 8.06. The van der Waals surface area contributed by atoms with Crippen LogP contribution in [0.25, 0.3) is 0 Å². The van der Waals surface area contributed by atoms with Crippen molar-refractivity contribution in [2.75, 3.05) is 11.1 Å². The Morgan fingerprint density at radius 1 is 1.06 bits per heavy atom. The Hall–Kier alpha value is -1.48. The number of aryl methyl sites for hydroxylation is 2. The number of nitrogen functional groups attached to an aromatic ring is 1. The lowest BCUT2D eigenvalue weighted by atomic mass is 10.1. The minimum absolute atomic E-state index is 0.757. The molecule has 0 aliphatic heterocycles. The molecule has 2 aromatic rings. The summed E-state index contributed by atoms with van der Waals surface area (Å²) in [5, 5.41) is 3.33. The molecule has 0 aromatic heterocycles. The number of anilines is 3. The van der Waals surface area contributed by atoms with E-state index in [9.17, 15) is 0 Å². The van der Waals surface area contributed by atoms with Crippen molar-refractivity contribution >= 4 is 33.0 Å². The summed E-state index contributed by atoms with van der Waals surface area (Å²) in [5.41, 5.74) is 11.1. The highest BCUT2D eigenvalue weighted by Crippen LogP contribution is 2.27. The van der Waals surface area contributed by atoms with Crippen molar-refractivity contribution in [2.45, 2.75) is 13.8 Å². The molecular weight excluding hydrogens is 276 g/mol. The van der Waals surface area contributed by atoms with Crippen LogP contribution < -0.4 is 11.1 Å². The molecule has 2 aromatic carbocycles. The Labute approximate surface area is 110 Å². The maximum absolute atomic E-state index is 5.93. The molecule has 0 atom stereocenters. The fraction of sp³-hybridized carbons (Fsp3) is 0.143. The standard InChI is InChI=1S/C14H15BrN2/c1-9-3-6-13(16)14(7-9)17-11-5-4-10(2)12(15)8-11/h3-8,17H,16H2,1-2H3. The fourth-order valence-electron chi connectivity index (χ4n) is 1.60. The van der Waals surface area contributed by atoms with Crippen molar-refractivity contribution in [3.8, 4) is 0 Å². The maximum Gasteiger partial charge on any atom is 0.0620 e. The highest BCUT2D eigenvalue weighted by molar-refractivity contribution is 9.10. The van der Waals surface area contributed by atoms with Crippen molar-refractivity contribution in [3.05, 3.63) is 52.0 Å². The summed E-state index contributed by atoms with van der Waals surface area (Å²) in [7, 11) is 0. The second-order valence-electron chi connectivity index (χ2n) is 4.18. The van der Waals surface area contributed by atoms with Crippen LogP contribution in [-0.4, -0.2) is 0 Å². The maximum atomic E-state index is 5.93. The van der Waals surface area contributed by atoms with Gasteiger partial charge in [-0.3, -0.25) is 0 Å². The predicted octanol–water partition coefficient (Wildman–Crippen LogP) is 4.39. The Morgan fingerprint density at radius 3 is 2.53 bits per heavy atom. The van der Waals surface area contributed by atoms with E-state index in [-0.39, 0.29) is 0 Å². The molecule has 0 saturated heterocycles. The van der Waals surface area contributed by atoms with Crippen LogP contribution in [0.2, 0.25) is 0 Å². The lowest BCUT2D eigenvalue weighted by Gasteiger charge is -2.11. The number of hydrogen-bond donors (Lipinski definition) is 2. The number of hydrogen-bond acceptors (Lipinski definition) is 2. The Morgan fingerprint density at radius 2 is 1.82 bits per heavy atom. The second-order valence-corrected chi connectivity index (χ2v) is 5.03. The van der Waals surface area contributed by atoms with Crippen LogP contribution in [0.3, 0.4) is 0 Å². The van der Waals surface area contributed by atoms with Gasteiger partial charge in [-0.1, -0.05) is 28.1 Å². The van der Waals surface area contributed by atoms with Crippen LogP contribution in [0, 0.1) is 13.8 Å². The van der Waals surface area contributed by atoms with Crippen LogP contribution in [0.1, 0.15) is 11.1 Å². The van der Waals surface area contributed by atoms with E-state index in [4.69, 9.17) is 5.73 Å². The average molecular weight is 291 g/mol. The first-order valence-electron chi connectivity index (χ1n) is 5.45. The molecule has 0 bridgehead atoms. The zero-order valence-corrected chi connectivity index (χ0v) is 11.5. The van der Waals surface area contributed by atoms with Gasteiger partial charge in [-0.15, -0.1) is 0 Å². The molecule has 3 N–H and O–H groups in total. The van der Waals surface area contributed by atoms with Gasteiger partial charge in [0.1, 0.15) is 0 Å². The topological polar surface area (TPSA) is 38.0 Å². The van der Waals surface area contributed by atoms with E-state index in [2.05, 4.69) is 47.2 Å². The van der Waals surface area contributed by atoms with E-state index in [0.29, 0.717) is 0 Å². The summed E-state index contributed by atoms with van der Waals surface area (Å²) in [6.07, 6.45) is 0. The molecule has 0 aliphatic rings. The van der Waals surface area contributed by atoms with Gasteiger partial charge in [0.15, 0.2) is 0 Å². The lowest BCUT2D eigenvalue weighted by molar-refractivity contribution is 1.41. The van der Waals surface area contributed by atoms with Crippen molar-refractivity contribution in [3.63, 3.8) is 0 Å². The van der Waals surface area contributed by atoms with Gasteiger partial charge in [0.05, 0.1) is 11.4 Å². The van der Waals surface area contributed by atoms with Crippen LogP contribution >= 0.6 is 15.9 Å². The monoisotopic (exact) mass is 290 g/mol. The third-order valence-electron chi connectivity index (χ3n) is 2.66. The van der Waals surface area contributed by atoms with Crippen molar-refractivity contribution < 1.29 is 0 Å². The Balaban J connectivity index is 2.31. The summed E-state index contributed by atoms with van der Waals surface area (Å²) < 4.78 is 1.09. The van der Waals surface area contributed by atoms with Gasteiger partial charge >= 0.3 is 0 Å². The summed E-state index contributed by atoms with van der Waals surface area (Å²) in [4.78, 5) is 0. The molecule has 17 heavy (non-hydrogen) atoms. The third kappa shape index (κ3) is 2.80. The van der Waals surface area contributed by atoms with E-state index >= 15 is 0 Å². The number of rotatable bonds is 2. The highest BCUT2D eigenvalue weighted by atomic mass is 79.9. The number of benzene rings is 2. The largest absolute Gasteiger partial charge is 0.397 e. The molecular formula is C14H15BrN2. The quantitative estimate of drug-likeness (QED) is 0.805. The molecule has 2 nitrogen and oxygen atoms in total. The summed E-state index contributed by atoms with van der Waals surface area (Å²) in [6.45, 7) is 4.12. The van der Waals surface area contributed by atoms with Gasteiger partial charge < -0.3 is 11.1 Å². The molecule has 0 heterocycles. The molecule has 0 spiro atoms. The van der Waals surface area contributed by atoms with E-state index in [1.165, 1.54) is 11.1 Å². The SMILES string of the molecule is Cc1ccc(N)c(Nc2ccc(C)c(Br)c2)c1. The molecule has 3 heteroatoms. The number of nitrogens with one attached hydrogen (secondary N) is 1. The van der Waals surface area contributed by atoms with Crippen LogP contribution in [0.15, 0.2) is 40.9 Å². The summed E-state index contributed by atoms with van der Waals surface area (Å²) in [5.74, 6) is 0. The normalized spacial score (nSPS) is 10.3. The molecule has 0 saturated carbocycles. The average Bonchev–Trinajstić information content (AvgIpc) is 2.29. The molecule has 0 unspecified atom stereocenters. The van der Waals surface area contributed by atoms with Gasteiger partial charge in [-0.25, -0.2) is 0 Å². The minimum Gasteiger partial charge on any atom is -0.397 e. The van der Waals surface area contributed by atoms with Gasteiger partial charge in [0.25, 0.3) is 0 Å². The van der Waals surface area contributed by atoms with Gasteiger partial charge in [0, 0.05) is 10.2 Å². The van der Waals surface area contributed by atoms with E-state index in [1.54, 1.807) is 0 Å². The Kier molecular flexibility index (Phi) is 3.38. The van der Waals surface area contributed by atoms with Gasteiger partial charge in [-0.05, 0) is 49.2 Å². The van der Waals surface area contributed by atoms with Gasteiger partial charge in [0.2, 0.25) is 0 Å². The van der Waals surface area contributed by atoms with Crippen LogP contribution in [0.5, 0.6) is 0 Å². The molecule has 0 fully saturated rings. The molecule has 0 aliphatic carbocycles. The van der Waals surface area contributed by atoms with Crippen molar-refractivity contribution in [1.29, 1.82) is 0 Å². The van der Waals surface area contributed by atoms with Gasteiger partial charge in [-0.2, -0.15) is 0 Å². The fourth-order valence-corrected chi connectivity index (χ4v) is 1.98. The molecule has 0 radical (unpaired) electrons. The molecule has 88 valence electrons. The second kappa shape index (κ2) is 4.80. The van der Waals surface area contributed by atoms with Crippen molar-refractivity contribution in [2.24, 2.45) is 0 Å². The summed E-state index contributed by atoms with van der Waals surface area (Å²) in [6, 6.07) is 12.1. The van der Waals surface area contributed by atoms with E-state index < -0.39 is 0 Å². The highest BCUT2D eigenvalue weighted by Gasteiger charge is 2.01. The number of nitrogens with two attached hydrogens (primary N) is 1. The minimum atomic E-state index is 0.757. The molecule has 0 amide bonds. The predicted molar refractivity (Wildman–Crippen MR) is 77.8 cm³/mol. The smallest absolute Gasteiger partial charge is 0.0620 e. The van der Waals surface area contributed by atoms with E-state index in [1.807, 2.05) is 24.3 Å². The third-order valence-corrected chi connectivity index (χ3v) is 3.51. The van der Waals surface area contributed by atoms with Crippen molar-refractivity contribution in [1.82, 2.24) is 0 Å². The zero-order chi connectivity index (χ0) is 12.4. The van der Waals surface area contributed by atoms with E-state index in [0.717, 1.165) is 21.5 Å².